The van der Waals surface area contributed by atoms with Gasteiger partial charge in [-0.15, -0.1) is 0 Å². The van der Waals surface area contributed by atoms with Crippen LogP contribution in [0.1, 0.15) is 39.3 Å². The number of fused-ring (bicyclic) bond motifs is 1. The quantitative estimate of drug-likeness (QED) is 0.756. The van der Waals surface area contributed by atoms with Gasteiger partial charge in [-0.3, -0.25) is 9.36 Å². The van der Waals surface area contributed by atoms with E-state index in [9.17, 15) is 9.59 Å². The molecule has 1 aliphatic heterocycles. The van der Waals surface area contributed by atoms with E-state index >= 15 is 0 Å². The number of carbonyl (C=O) groups is 1. The molecule has 1 unspecified atom stereocenters. The Kier molecular flexibility index (Phi) is 5.32. The summed E-state index contributed by atoms with van der Waals surface area (Å²) in [6, 6.07) is 6.87. The van der Waals surface area contributed by atoms with E-state index in [1.165, 1.54) is 15.9 Å². The third-order valence-electron chi connectivity index (χ3n) is 4.40. The average molecular weight is 386 g/mol. The Balaban J connectivity index is 2.29. The van der Waals surface area contributed by atoms with Crippen molar-refractivity contribution in [2.75, 3.05) is 13.7 Å². The molecule has 2 aromatic rings. The number of aromatic nitrogens is 1. The molecule has 1 atom stereocenters. The lowest BCUT2D eigenvalue weighted by Crippen LogP contribution is -2.35. The van der Waals surface area contributed by atoms with Crippen molar-refractivity contribution in [3.05, 3.63) is 55.1 Å². The van der Waals surface area contributed by atoms with Crippen molar-refractivity contribution >= 4 is 28.6 Å². The number of allylic oxidation sites excluding steroid dienone is 1. The summed E-state index contributed by atoms with van der Waals surface area (Å²) in [5, 5.41) is 0. The number of hydrogen-bond donors (Lipinski definition) is 0. The van der Waals surface area contributed by atoms with Crippen LogP contribution < -0.4 is 19.6 Å². The standard InChI is InChI=1S/C20H22N2O4S/c1-6-26-19(24)15-12(4)22-18(23)17(11(2)3)27-20(22)21-16(15)13-7-9-14(25-5)10-8-13/h7-10,16H,6H2,1-5H3. The summed E-state index contributed by atoms with van der Waals surface area (Å²) in [6.07, 6.45) is 0. The summed E-state index contributed by atoms with van der Waals surface area (Å²) in [5.74, 6) is 0.265. The first-order chi connectivity index (χ1) is 12.9. The highest BCUT2D eigenvalue weighted by molar-refractivity contribution is 7.07. The summed E-state index contributed by atoms with van der Waals surface area (Å²) in [5.41, 5.74) is 2.56. The van der Waals surface area contributed by atoms with Crippen molar-refractivity contribution in [2.24, 2.45) is 4.99 Å². The van der Waals surface area contributed by atoms with Crippen LogP contribution >= 0.6 is 11.3 Å². The molecule has 6 nitrogen and oxygen atoms in total. The van der Waals surface area contributed by atoms with Crippen LogP contribution in [0.4, 0.5) is 0 Å². The van der Waals surface area contributed by atoms with Crippen molar-refractivity contribution in [1.29, 1.82) is 0 Å². The summed E-state index contributed by atoms with van der Waals surface area (Å²) in [6.45, 7) is 7.57. The number of benzene rings is 1. The van der Waals surface area contributed by atoms with Gasteiger partial charge >= 0.3 is 5.97 Å². The molecule has 1 aliphatic rings. The summed E-state index contributed by atoms with van der Waals surface area (Å²) < 4.78 is 12.6. The fourth-order valence-electron chi connectivity index (χ4n) is 3.05. The highest BCUT2D eigenvalue weighted by Gasteiger charge is 2.31. The second-order valence-corrected chi connectivity index (χ2v) is 7.36. The van der Waals surface area contributed by atoms with Gasteiger partial charge in [-0.05, 0) is 45.4 Å². The molecule has 142 valence electrons. The van der Waals surface area contributed by atoms with E-state index in [1.54, 1.807) is 21.0 Å². The van der Waals surface area contributed by atoms with Gasteiger partial charge in [0.25, 0.3) is 5.56 Å². The highest BCUT2D eigenvalue weighted by atomic mass is 32.1. The highest BCUT2D eigenvalue weighted by Crippen LogP contribution is 2.33. The second kappa shape index (κ2) is 7.52. The van der Waals surface area contributed by atoms with E-state index in [4.69, 9.17) is 14.5 Å². The van der Waals surface area contributed by atoms with E-state index in [1.807, 2.05) is 38.1 Å². The summed E-state index contributed by atoms with van der Waals surface area (Å²) in [7, 11) is 1.60. The van der Waals surface area contributed by atoms with Crippen LogP contribution in [0.25, 0.3) is 11.3 Å². The van der Waals surface area contributed by atoms with E-state index in [-0.39, 0.29) is 12.2 Å². The number of hydrogen-bond acceptors (Lipinski definition) is 6. The SMILES string of the molecule is CCOC(=O)C1=C(C)n2c(sc(=C(C)C)c2=O)=NC1c1ccc(OC)cc1. The largest absolute Gasteiger partial charge is 0.497 e. The Bertz CT molecular complexity index is 1090. The summed E-state index contributed by atoms with van der Waals surface area (Å²) in [4.78, 5) is 30.8. The van der Waals surface area contributed by atoms with Crippen molar-refractivity contribution < 1.29 is 14.3 Å². The topological polar surface area (TPSA) is 69.9 Å². The van der Waals surface area contributed by atoms with Crippen LogP contribution in [0.15, 0.2) is 39.6 Å². The number of ether oxygens (including phenoxy) is 2. The molecular formula is C20H22N2O4S. The maximum absolute atomic E-state index is 12.8. The number of carbonyl (C=O) groups excluding carboxylic acids is 1. The molecule has 1 aromatic carbocycles. The lowest BCUT2D eigenvalue weighted by molar-refractivity contribution is -0.138. The maximum atomic E-state index is 12.8. The first-order valence-electron chi connectivity index (χ1n) is 8.68. The third-order valence-corrected chi connectivity index (χ3v) is 5.66. The Morgan fingerprint density at radius 3 is 2.48 bits per heavy atom. The van der Waals surface area contributed by atoms with Gasteiger partial charge in [0, 0.05) is 5.70 Å². The van der Waals surface area contributed by atoms with Gasteiger partial charge in [0.2, 0.25) is 0 Å². The first-order valence-corrected chi connectivity index (χ1v) is 9.50. The monoisotopic (exact) mass is 386 g/mol. The van der Waals surface area contributed by atoms with Crippen molar-refractivity contribution in [1.82, 2.24) is 4.57 Å². The smallest absolute Gasteiger partial charge is 0.338 e. The predicted molar refractivity (Wildman–Crippen MR) is 105 cm³/mol. The molecule has 0 radical (unpaired) electrons. The zero-order chi connectivity index (χ0) is 19.7. The van der Waals surface area contributed by atoms with Crippen molar-refractivity contribution in [2.45, 2.75) is 33.7 Å². The Morgan fingerprint density at radius 2 is 1.93 bits per heavy atom. The molecule has 2 heterocycles. The van der Waals surface area contributed by atoms with Crippen LogP contribution in [0.5, 0.6) is 5.75 Å². The first kappa shape index (κ1) is 19.1. The molecule has 1 aromatic heterocycles. The van der Waals surface area contributed by atoms with E-state index < -0.39 is 12.0 Å². The molecule has 0 amide bonds. The van der Waals surface area contributed by atoms with Gasteiger partial charge in [0.1, 0.15) is 11.8 Å². The van der Waals surface area contributed by atoms with Crippen LogP contribution in [0.3, 0.4) is 0 Å². The Morgan fingerprint density at radius 1 is 1.26 bits per heavy atom. The van der Waals surface area contributed by atoms with Crippen molar-refractivity contribution in [3.63, 3.8) is 0 Å². The lowest BCUT2D eigenvalue weighted by Gasteiger charge is -2.22. The number of esters is 1. The van der Waals surface area contributed by atoms with Crippen LogP contribution in [0.2, 0.25) is 0 Å². The zero-order valence-electron chi connectivity index (χ0n) is 16.0. The predicted octanol–water partition coefficient (Wildman–Crippen LogP) is 2.28. The normalized spacial score (nSPS) is 15.8. The van der Waals surface area contributed by atoms with Gasteiger partial charge in [-0.2, -0.15) is 0 Å². The molecule has 0 saturated heterocycles. The van der Waals surface area contributed by atoms with Crippen molar-refractivity contribution in [3.8, 4) is 5.75 Å². The Hall–Kier alpha value is -2.67. The Labute approximate surface area is 161 Å². The minimum Gasteiger partial charge on any atom is -0.497 e. The molecule has 0 N–H and O–H groups in total. The van der Waals surface area contributed by atoms with Gasteiger partial charge in [-0.1, -0.05) is 29.0 Å². The third kappa shape index (κ3) is 3.35. The van der Waals surface area contributed by atoms with Gasteiger partial charge in [-0.25, -0.2) is 9.79 Å². The van der Waals surface area contributed by atoms with E-state index in [0.29, 0.717) is 20.6 Å². The molecule has 0 saturated carbocycles. The van der Waals surface area contributed by atoms with Crippen LogP contribution in [-0.2, 0) is 9.53 Å². The van der Waals surface area contributed by atoms with E-state index in [2.05, 4.69) is 0 Å². The fraction of sp³-hybridized carbons (Fsp3) is 0.350. The van der Waals surface area contributed by atoms with Gasteiger partial charge < -0.3 is 9.47 Å². The number of methoxy groups -OCH3 is 1. The average Bonchev–Trinajstić information content (AvgIpc) is 2.99. The lowest BCUT2D eigenvalue weighted by atomic mass is 9.96. The fourth-order valence-corrected chi connectivity index (χ4v) is 4.09. The molecule has 27 heavy (non-hydrogen) atoms. The minimum absolute atomic E-state index is 0.147. The molecule has 7 heteroatoms. The maximum Gasteiger partial charge on any atom is 0.338 e. The van der Waals surface area contributed by atoms with Gasteiger partial charge in [0.15, 0.2) is 4.80 Å². The van der Waals surface area contributed by atoms with E-state index in [0.717, 1.165) is 16.9 Å². The summed E-state index contributed by atoms with van der Waals surface area (Å²) >= 11 is 1.34. The number of rotatable bonds is 4. The molecule has 3 rings (SSSR count). The number of nitrogens with zero attached hydrogens (tertiary/aromatic N) is 2. The molecule has 0 fully saturated rings. The zero-order valence-corrected chi connectivity index (χ0v) is 16.8. The van der Waals surface area contributed by atoms with Crippen LogP contribution in [-0.4, -0.2) is 24.3 Å². The second-order valence-electron chi connectivity index (χ2n) is 6.38. The number of thiazole rings is 1. The molecule has 0 aliphatic carbocycles. The molecular weight excluding hydrogens is 364 g/mol. The molecule has 0 spiro atoms. The van der Waals surface area contributed by atoms with Crippen LogP contribution in [0, 0.1) is 0 Å². The molecule has 0 bridgehead atoms. The minimum atomic E-state index is -0.530. The van der Waals surface area contributed by atoms with Gasteiger partial charge in [0.05, 0.1) is 23.8 Å².